The van der Waals surface area contributed by atoms with E-state index in [4.69, 9.17) is 4.74 Å². The molecule has 0 unspecified atom stereocenters. The lowest BCUT2D eigenvalue weighted by molar-refractivity contribution is 0.163. The molecule has 120 valence electrons. The van der Waals surface area contributed by atoms with Gasteiger partial charge in [0.25, 0.3) is 0 Å². The van der Waals surface area contributed by atoms with Gasteiger partial charge in [-0.3, -0.25) is 4.98 Å². The van der Waals surface area contributed by atoms with Crippen LogP contribution in [0.2, 0.25) is 0 Å². The van der Waals surface area contributed by atoms with Crippen LogP contribution in [0.1, 0.15) is 19.3 Å². The summed E-state index contributed by atoms with van der Waals surface area (Å²) in [5.41, 5.74) is 1.29. The molecule has 2 aliphatic rings. The Morgan fingerprint density at radius 3 is 2.83 bits per heavy atom. The highest BCUT2D eigenvalue weighted by molar-refractivity contribution is 5.93. The number of benzene rings is 1. The quantitative estimate of drug-likeness (QED) is 0.863. The fourth-order valence-corrected chi connectivity index (χ4v) is 3.61. The number of hydrogen-bond donors (Lipinski definition) is 0. The lowest BCUT2D eigenvalue weighted by Gasteiger charge is -2.34. The van der Waals surface area contributed by atoms with Gasteiger partial charge in [-0.2, -0.15) is 0 Å². The van der Waals surface area contributed by atoms with E-state index in [-0.39, 0.29) is 0 Å². The third kappa shape index (κ3) is 3.11. The maximum absolute atomic E-state index is 5.24. The minimum Gasteiger partial charge on any atom is -0.479 e. The predicted molar refractivity (Wildman–Crippen MR) is 93.1 cm³/mol. The van der Waals surface area contributed by atoms with Crippen molar-refractivity contribution in [1.29, 1.82) is 0 Å². The lowest BCUT2D eigenvalue weighted by atomic mass is 9.93. The summed E-state index contributed by atoms with van der Waals surface area (Å²) in [6.07, 6.45) is 11.6. The number of rotatable bonds is 4. The van der Waals surface area contributed by atoms with E-state index in [0.717, 1.165) is 32.3 Å². The molecule has 2 aromatic rings. The van der Waals surface area contributed by atoms with Crippen molar-refractivity contribution in [1.82, 2.24) is 9.88 Å². The maximum atomic E-state index is 5.24. The molecule has 4 rings (SSSR count). The van der Waals surface area contributed by atoms with E-state index < -0.39 is 0 Å². The normalized spacial score (nSPS) is 18.6. The molecule has 2 aliphatic heterocycles. The molecule has 0 aliphatic carbocycles. The van der Waals surface area contributed by atoms with Crippen LogP contribution in [0.15, 0.2) is 49.1 Å². The van der Waals surface area contributed by atoms with Gasteiger partial charge in [0.15, 0.2) is 6.73 Å². The molecule has 1 aromatic carbocycles. The van der Waals surface area contributed by atoms with E-state index in [1.165, 1.54) is 35.7 Å². The monoisotopic (exact) mass is 309 g/mol. The zero-order valence-corrected chi connectivity index (χ0v) is 13.4. The first-order chi connectivity index (χ1) is 11.4. The Bertz CT molecular complexity index is 687. The van der Waals surface area contributed by atoms with Crippen LogP contribution in [0.4, 0.5) is 5.69 Å². The van der Waals surface area contributed by atoms with Crippen molar-refractivity contribution < 1.29 is 4.74 Å². The van der Waals surface area contributed by atoms with Gasteiger partial charge in [0.05, 0.1) is 11.9 Å². The summed E-state index contributed by atoms with van der Waals surface area (Å²) in [6.45, 7) is 4.09. The molecule has 3 heterocycles. The molecule has 0 bridgehead atoms. The van der Waals surface area contributed by atoms with Crippen LogP contribution in [0.3, 0.4) is 0 Å². The summed E-state index contributed by atoms with van der Waals surface area (Å²) in [5, 5.41) is 2.55. The molecule has 1 fully saturated rings. The van der Waals surface area contributed by atoms with Crippen LogP contribution in [0.25, 0.3) is 10.8 Å². The average molecular weight is 309 g/mol. The van der Waals surface area contributed by atoms with Gasteiger partial charge >= 0.3 is 0 Å². The van der Waals surface area contributed by atoms with Crippen LogP contribution in [0.5, 0.6) is 0 Å². The number of aromatic nitrogens is 1. The molecule has 0 saturated carbocycles. The average Bonchev–Trinajstić information content (AvgIpc) is 3.14. The van der Waals surface area contributed by atoms with Gasteiger partial charge in [0.1, 0.15) is 6.26 Å². The van der Waals surface area contributed by atoms with E-state index in [1.54, 1.807) is 6.26 Å². The minimum absolute atomic E-state index is 0.723. The standard InChI is InChI=1S/C19H23N3O/c1-2-4-18-17(3-1)13-20-14-19(18)22-9-6-16(7-10-22)5-8-21-11-12-23-15-21/h1-4,11-14,16H,5-10,15H2. The van der Waals surface area contributed by atoms with Crippen LogP contribution in [-0.4, -0.2) is 36.2 Å². The Morgan fingerprint density at radius 2 is 2.00 bits per heavy atom. The molecule has 0 atom stereocenters. The van der Waals surface area contributed by atoms with Crippen molar-refractivity contribution in [2.75, 3.05) is 31.3 Å². The topological polar surface area (TPSA) is 28.6 Å². The van der Waals surface area contributed by atoms with Crippen molar-refractivity contribution in [3.05, 3.63) is 49.1 Å². The molecule has 23 heavy (non-hydrogen) atoms. The Kier molecular flexibility index (Phi) is 4.05. The van der Waals surface area contributed by atoms with Crippen molar-refractivity contribution in [3.8, 4) is 0 Å². The summed E-state index contributed by atoms with van der Waals surface area (Å²) < 4.78 is 5.24. The predicted octanol–water partition coefficient (Wildman–Crippen LogP) is 3.60. The molecule has 1 saturated heterocycles. The van der Waals surface area contributed by atoms with Crippen LogP contribution >= 0.6 is 0 Å². The largest absolute Gasteiger partial charge is 0.479 e. The fourth-order valence-electron chi connectivity index (χ4n) is 3.61. The first kappa shape index (κ1) is 14.4. The van der Waals surface area contributed by atoms with Gasteiger partial charge < -0.3 is 14.5 Å². The highest BCUT2D eigenvalue weighted by Gasteiger charge is 2.21. The second-order valence-electron chi connectivity index (χ2n) is 6.49. The van der Waals surface area contributed by atoms with Crippen molar-refractivity contribution >= 4 is 16.5 Å². The van der Waals surface area contributed by atoms with Crippen molar-refractivity contribution in [3.63, 3.8) is 0 Å². The highest BCUT2D eigenvalue weighted by Crippen LogP contribution is 2.30. The first-order valence-electron chi connectivity index (χ1n) is 8.50. The zero-order valence-electron chi connectivity index (χ0n) is 13.4. The fraction of sp³-hybridized carbons (Fsp3) is 0.421. The molecular weight excluding hydrogens is 286 g/mol. The summed E-state index contributed by atoms with van der Waals surface area (Å²) in [5.74, 6) is 0.822. The molecule has 0 N–H and O–H groups in total. The summed E-state index contributed by atoms with van der Waals surface area (Å²) in [4.78, 5) is 9.18. The first-order valence-corrected chi connectivity index (χ1v) is 8.50. The minimum atomic E-state index is 0.723. The highest BCUT2D eigenvalue weighted by atomic mass is 16.5. The van der Waals surface area contributed by atoms with Crippen LogP contribution in [-0.2, 0) is 4.74 Å². The van der Waals surface area contributed by atoms with E-state index in [9.17, 15) is 0 Å². The number of anilines is 1. The molecule has 1 aromatic heterocycles. The SMILES string of the molecule is C1=CN(CCC2CCN(c3cncc4ccccc34)CC2)CO1. The molecule has 0 amide bonds. The number of pyridine rings is 1. The van der Waals surface area contributed by atoms with E-state index >= 15 is 0 Å². The van der Waals surface area contributed by atoms with Crippen LogP contribution < -0.4 is 4.90 Å². The second kappa shape index (κ2) is 6.49. The van der Waals surface area contributed by atoms with Gasteiger partial charge in [-0.15, -0.1) is 0 Å². The van der Waals surface area contributed by atoms with Gasteiger partial charge in [0, 0.05) is 42.8 Å². The van der Waals surface area contributed by atoms with Gasteiger partial charge in [-0.1, -0.05) is 24.3 Å². The number of ether oxygens (including phenoxy) is 1. The van der Waals surface area contributed by atoms with Crippen LogP contribution in [0, 0.1) is 5.92 Å². The van der Waals surface area contributed by atoms with E-state index in [1.807, 2.05) is 12.4 Å². The Hall–Kier alpha value is -2.23. The molecular formula is C19H23N3O. The number of piperidine rings is 1. The van der Waals surface area contributed by atoms with Crippen molar-refractivity contribution in [2.24, 2.45) is 5.92 Å². The molecule has 4 heteroatoms. The Labute approximate surface area is 137 Å². The third-order valence-electron chi connectivity index (χ3n) is 5.04. The molecule has 4 nitrogen and oxygen atoms in total. The Balaban J connectivity index is 1.38. The van der Waals surface area contributed by atoms with Gasteiger partial charge in [0.2, 0.25) is 0 Å². The number of nitrogens with zero attached hydrogens (tertiary/aromatic N) is 3. The summed E-state index contributed by atoms with van der Waals surface area (Å²) >= 11 is 0. The van der Waals surface area contributed by atoms with E-state index in [0.29, 0.717) is 0 Å². The summed E-state index contributed by atoms with van der Waals surface area (Å²) in [6, 6.07) is 8.54. The maximum Gasteiger partial charge on any atom is 0.160 e. The molecule has 0 radical (unpaired) electrons. The number of hydrogen-bond acceptors (Lipinski definition) is 4. The van der Waals surface area contributed by atoms with Crippen molar-refractivity contribution in [2.45, 2.75) is 19.3 Å². The zero-order chi connectivity index (χ0) is 15.5. The second-order valence-corrected chi connectivity index (χ2v) is 6.49. The number of fused-ring (bicyclic) bond motifs is 1. The Morgan fingerprint density at radius 1 is 1.13 bits per heavy atom. The summed E-state index contributed by atoms with van der Waals surface area (Å²) in [7, 11) is 0. The molecule has 0 spiro atoms. The van der Waals surface area contributed by atoms with Gasteiger partial charge in [-0.05, 0) is 25.2 Å². The van der Waals surface area contributed by atoms with Gasteiger partial charge in [-0.25, -0.2) is 0 Å². The van der Waals surface area contributed by atoms with E-state index in [2.05, 4.69) is 45.2 Å². The third-order valence-corrected chi connectivity index (χ3v) is 5.04. The lowest BCUT2D eigenvalue weighted by Crippen LogP contribution is -2.34. The smallest absolute Gasteiger partial charge is 0.160 e.